The molecule has 0 fully saturated rings. The van der Waals surface area contributed by atoms with E-state index in [0.717, 1.165) is 39.9 Å². The van der Waals surface area contributed by atoms with Crippen LogP contribution in [0.15, 0.2) is 47.0 Å². The topological polar surface area (TPSA) is 75.0 Å². The van der Waals surface area contributed by atoms with Crippen LogP contribution in [0.1, 0.15) is 22.5 Å². The molecule has 0 spiro atoms. The van der Waals surface area contributed by atoms with Crippen molar-refractivity contribution in [2.24, 2.45) is 0 Å². The average molecular weight is 407 g/mol. The Morgan fingerprint density at radius 2 is 2.07 bits per heavy atom. The standard InChI is InChI=1S/C22H19ClN4O2/c1-13-2-7-20-16(10-13)19(26-29-20)11-21(28)27-9-8-18-17(12-27)22(25-24-18)14-3-5-15(23)6-4-14/h2-7,10H,8-9,11-12H2,1H3,(H,24,25). The van der Waals surface area contributed by atoms with E-state index in [4.69, 9.17) is 16.1 Å². The molecule has 1 aliphatic rings. The molecule has 1 aliphatic heterocycles. The quantitative estimate of drug-likeness (QED) is 0.550. The van der Waals surface area contributed by atoms with Crippen LogP contribution in [0, 0.1) is 6.92 Å². The monoisotopic (exact) mass is 406 g/mol. The third kappa shape index (κ3) is 3.29. The molecule has 4 aromatic rings. The highest BCUT2D eigenvalue weighted by atomic mass is 35.5. The number of carbonyl (C=O) groups excluding carboxylic acids is 1. The van der Waals surface area contributed by atoms with E-state index in [0.29, 0.717) is 29.4 Å². The molecule has 1 amide bonds. The van der Waals surface area contributed by atoms with Crippen LogP contribution < -0.4 is 0 Å². The molecule has 7 heteroatoms. The van der Waals surface area contributed by atoms with Gasteiger partial charge in [-0.1, -0.05) is 40.5 Å². The predicted molar refractivity (Wildman–Crippen MR) is 111 cm³/mol. The second kappa shape index (κ2) is 7.04. The van der Waals surface area contributed by atoms with Gasteiger partial charge in [-0.2, -0.15) is 5.10 Å². The Labute approximate surface area is 172 Å². The van der Waals surface area contributed by atoms with Gasteiger partial charge in [0.15, 0.2) is 5.58 Å². The van der Waals surface area contributed by atoms with Gasteiger partial charge >= 0.3 is 0 Å². The van der Waals surface area contributed by atoms with Gasteiger partial charge in [0.05, 0.1) is 12.1 Å². The van der Waals surface area contributed by atoms with E-state index in [9.17, 15) is 4.79 Å². The number of benzene rings is 2. The van der Waals surface area contributed by atoms with Gasteiger partial charge in [0.1, 0.15) is 5.69 Å². The Balaban J connectivity index is 1.39. The van der Waals surface area contributed by atoms with E-state index in [1.807, 2.05) is 54.3 Å². The fraction of sp³-hybridized carbons (Fsp3) is 0.227. The van der Waals surface area contributed by atoms with Crippen molar-refractivity contribution in [1.82, 2.24) is 20.3 Å². The number of hydrogen-bond donors (Lipinski definition) is 1. The molecule has 0 radical (unpaired) electrons. The van der Waals surface area contributed by atoms with E-state index in [1.165, 1.54) is 0 Å². The van der Waals surface area contributed by atoms with Crippen LogP contribution in [-0.4, -0.2) is 32.7 Å². The minimum absolute atomic E-state index is 0.0376. The molecule has 2 aromatic carbocycles. The van der Waals surface area contributed by atoms with Crippen molar-refractivity contribution in [3.63, 3.8) is 0 Å². The van der Waals surface area contributed by atoms with E-state index in [2.05, 4.69) is 15.4 Å². The Morgan fingerprint density at radius 3 is 2.90 bits per heavy atom. The third-order valence-corrected chi connectivity index (χ3v) is 5.67. The van der Waals surface area contributed by atoms with Crippen LogP contribution in [-0.2, 0) is 24.2 Å². The lowest BCUT2D eigenvalue weighted by molar-refractivity contribution is -0.131. The van der Waals surface area contributed by atoms with Gasteiger partial charge in [-0.25, -0.2) is 0 Å². The minimum atomic E-state index is 0.0376. The number of rotatable bonds is 3. The molecule has 29 heavy (non-hydrogen) atoms. The summed E-state index contributed by atoms with van der Waals surface area (Å²) in [4.78, 5) is 14.9. The number of H-pyrrole nitrogens is 1. The van der Waals surface area contributed by atoms with E-state index in [-0.39, 0.29) is 12.3 Å². The molecule has 146 valence electrons. The molecule has 0 saturated heterocycles. The van der Waals surface area contributed by atoms with Crippen molar-refractivity contribution in [2.45, 2.75) is 26.3 Å². The van der Waals surface area contributed by atoms with Crippen molar-refractivity contribution in [3.8, 4) is 11.3 Å². The first-order valence-electron chi connectivity index (χ1n) is 9.53. The Kier molecular flexibility index (Phi) is 4.36. The SMILES string of the molecule is Cc1ccc2onc(CC(=O)N3CCc4[nH]nc(-c5ccc(Cl)cc5)c4C3)c2c1. The normalized spacial score (nSPS) is 13.7. The first-order valence-corrected chi connectivity index (χ1v) is 9.91. The van der Waals surface area contributed by atoms with Crippen LogP contribution in [0.5, 0.6) is 0 Å². The average Bonchev–Trinajstić information content (AvgIpc) is 3.32. The molecule has 0 unspecified atom stereocenters. The van der Waals surface area contributed by atoms with E-state index >= 15 is 0 Å². The van der Waals surface area contributed by atoms with Crippen molar-refractivity contribution in [1.29, 1.82) is 0 Å². The highest BCUT2D eigenvalue weighted by Crippen LogP contribution is 2.30. The summed E-state index contributed by atoms with van der Waals surface area (Å²) in [5, 5.41) is 13.3. The molecule has 6 nitrogen and oxygen atoms in total. The number of hydrogen-bond acceptors (Lipinski definition) is 4. The summed E-state index contributed by atoms with van der Waals surface area (Å²) in [6.45, 7) is 3.20. The summed E-state index contributed by atoms with van der Waals surface area (Å²) in [5.74, 6) is 0.0376. The number of nitrogens with zero attached hydrogens (tertiary/aromatic N) is 3. The molecular formula is C22H19ClN4O2. The first-order chi connectivity index (χ1) is 14.1. The number of aromatic nitrogens is 3. The predicted octanol–water partition coefficient (Wildman–Crippen LogP) is 4.31. The lowest BCUT2D eigenvalue weighted by Crippen LogP contribution is -2.37. The largest absolute Gasteiger partial charge is 0.356 e. The molecule has 0 atom stereocenters. The third-order valence-electron chi connectivity index (χ3n) is 5.42. The lowest BCUT2D eigenvalue weighted by Gasteiger charge is -2.27. The van der Waals surface area contributed by atoms with Gasteiger partial charge in [-0.15, -0.1) is 0 Å². The van der Waals surface area contributed by atoms with Crippen molar-refractivity contribution >= 4 is 28.5 Å². The van der Waals surface area contributed by atoms with Gasteiger partial charge in [0, 0.05) is 46.7 Å². The number of nitrogens with one attached hydrogen (secondary N) is 1. The van der Waals surface area contributed by atoms with E-state index < -0.39 is 0 Å². The smallest absolute Gasteiger partial charge is 0.229 e. The molecule has 1 N–H and O–H groups in total. The zero-order valence-electron chi connectivity index (χ0n) is 15.9. The molecule has 0 bridgehead atoms. The minimum Gasteiger partial charge on any atom is -0.356 e. The van der Waals surface area contributed by atoms with Crippen LogP contribution in [0.3, 0.4) is 0 Å². The number of carbonyl (C=O) groups is 1. The maximum atomic E-state index is 13.0. The summed E-state index contributed by atoms with van der Waals surface area (Å²) >= 11 is 6.01. The van der Waals surface area contributed by atoms with Crippen LogP contribution in [0.4, 0.5) is 0 Å². The van der Waals surface area contributed by atoms with Crippen molar-refractivity contribution in [3.05, 3.63) is 70.0 Å². The number of halogens is 1. The van der Waals surface area contributed by atoms with Crippen LogP contribution >= 0.6 is 11.6 Å². The van der Waals surface area contributed by atoms with Gasteiger partial charge in [0.25, 0.3) is 0 Å². The molecule has 0 saturated carbocycles. The van der Waals surface area contributed by atoms with Gasteiger partial charge in [0.2, 0.25) is 5.91 Å². The van der Waals surface area contributed by atoms with Crippen molar-refractivity contribution in [2.75, 3.05) is 6.54 Å². The fourth-order valence-corrected chi connectivity index (χ4v) is 3.97. The number of fused-ring (bicyclic) bond motifs is 2. The van der Waals surface area contributed by atoms with Crippen molar-refractivity contribution < 1.29 is 9.32 Å². The highest BCUT2D eigenvalue weighted by molar-refractivity contribution is 6.30. The summed E-state index contributed by atoms with van der Waals surface area (Å²) < 4.78 is 5.38. The first kappa shape index (κ1) is 17.9. The Morgan fingerprint density at radius 1 is 1.24 bits per heavy atom. The number of amides is 1. The van der Waals surface area contributed by atoms with Gasteiger partial charge in [-0.3, -0.25) is 9.89 Å². The molecule has 0 aliphatic carbocycles. The zero-order valence-corrected chi connectivity index (χ0v) is 16.7. The Hall–Kier alpha value is -3.12. The second-order valence-electron chi connectivity index (χ2n) is 7.41. The second-order valence-corrected chi connectivity index (χ2v) is 7.84. The van der Waals surface area contributed by atoms with E-state index in [1.54, 1.807) is 0 Å². The molecule has 2 aromatic heterocycles. The maximum Gasteiger partial charge on any atom is 0.229 e. The van der Waals surface area contributed by atoms with Crippen LogP contribution in [0.25, 0.3) is 22.2 Å². The summed E-state index contributed by atoms with van der Waals surface area (Å²) in [6.07, 6.45) is 0.972. The number of aryl methyl sites for hydroxylation is 1. The fourth-order valence-electron chi connectivity index (χ4n) is 3.84. The highest BCUT2D eigenvalue weighted by Gasteiger charge is 2.26. The number of aromatic amines is 1. The Bertz CT molecular complexity index is 1210. The van der Waals surface area contributed by atoms with Gasteiger partial charge in [-0.05, 0) is 31.2 Å². The molecule has 5 rings (SSSR count). The lowest BCUT2D eigenvalue weighted by atomic mass is 10.0. The zero-order chi connectivity index (χ0) is 20.0. The summed E-state index contributed by atoms with van der Waals surface area (Å²) in [5.41, 5.74) is 6.51. The maximum absolute atomic E-state index is 13.0. The molecule has 3 heterocycles. The van der Waals surface area contributed by atoms with Gasteiger partial charge < -0.3 is 9.42 Å². The van der Waals surface area contributed by atoms with Crippen LogP contribution in [0.2, 0.25) is 5.02 Å². The summed E-state index contributed by atoms with van der Waals surface area (Å²) in [6, 6.07) is 13.5. The molecular weight excluding hydrogens is 388 g/mol. The summed E-state index contributed by atoms with van der Waals surface area (Å²) in [7, 11) is 0.